The molecular weight excluding hydrogens is 364 g/mol. The SMILES string of the molecule is CC(c1nc2cc(Cl)ccc2c(=O)n1C)N1CCN(S(C)(=O)=O)CC1. The van der Waals surface area contributed by atoms with Crippen molar-refractivity contribution in [2.75, 3.05) is 32.4 Å². The lowest BCUT2D eigenvalue weighted by Gasteiger charge is -2.36. The number of hydrogen-bond donors (Lipinski definition) is 0. The van der Waals surface area contributed by atoms with Crippen LogP contribution in [-0.4, -0.2) is 59.6 Å². The van der Waals surface area contributed by atoms with Crippen molar-refractivity contribution in [1.82, 2.24) is 18.8 Å². The van der Waals surface area contributed by atoms with Crippen LogP contribution in [0.2, 0.25) is 5.02 Å². The normalized spacial score (nSPS) is 18.6. The molecule has 1 aromatic carbocycles. The minimum Gasteiger partial charge on any atom is -0.298 e. The van der Waals surface area contributed by atoms with Gasteiger partial charge in [-0.15, -0.1) is 0 Å². The van der Waals surface area contributed by atoms with Gasteiger partial charge in [-0.1, -0.05) is 11.6 Å². The van der Waals surface area contributed by atoms with Crippen molar-refractivity contribution in [2.24, 2.45) is 7.05 Å². The first-order valence-corrected chi connectivity index (χ1v) is 10.3. The first kappa shape index (κ1) is 18.3. The van der Waals surface area contributed by atoms with Gasteiger partial charge >= 0.3 is 0 Å². The van der Waals surface area contributed by atoms with Gasteiger partial charge in [0, 0.05) is 38.2 Å². The highest BCUT2D eigenvalue weighted by molar-refractivity contribution is 7.88. The monoisotopic (exact) mass is 384 g/mol. The summed E-state index contributed by atoms with van der Waals surface area (Å²) in [7, 11) is -1.46. The molecule has 1 aliphatic heterocycles. The van der Waals surface area contributed by atoms with Crippen molar-refractivity contribution in [3.05, 3.63) is 39.4 Å². The third-order valence-corrected chi connectivity index (χ3v) is 6.28. The van der Waals surface area contributed by atoms with Crippen molar-refractivity contribution in [1.29, 1.82) is 0 Å². The summed E-state index contributed by atoms with van der Waals surface area (Å²) < 4.78 is 26.3. The fourth-order valence-corrected chi connectivity index (χ4v) is 4.21. The maximum absolute atomic E-state index is 12.6. The van der Waals surface area contributed by atoms with Crippen LogP contribution in [-0.2, 0) is 17.1 Å². The number of fused-ring (bicyclic) bond motifs is 1. The quantitative estimate of drug-likeness (QED) is 0.795. The van der Waals surface area contributed by atoms with E-state index in [0.717, 1.165) is 0 Å². The Morgan fingerprint density at radius 1 is 1.20 bits per heavy atom. The molecule has 1 aromatic heterocycles. The minimum atomic E-state index is -3.17. The van der Waals surface area contributed by atoms with Crippen LogP contribution in [0.1, 0.15) is 18.8 Å². The maximum atomic E-state index is 12.6. The second-order valence-electron chi connectivity index (χ2n) is 6.37. The van der Waals surface area contributed by atoms with Gasteiger partial charge in [-0.3, -0.25) is 14.3 Å². The summed E-state index contributed by atoms with van der Waals surface area (Å²) in [6.45, 7) is 4.05. The molecule has 0 radical (unpaired) electrons. The van der Waals surface area contributed by atoms with Gasteiger partial charge in [0.25, 0.3) is 5.56 Å². The van der Waals surface area contributed by atoms with E-state index in [1.807, 2.05) is 6.92 Å². The summed E-state index contributed by atoms with van der Waals surface area (Å²) >= 11 is 6.03. The third kappa shape index (κ3) is 3.57. The van der Waals surface area contributed by atoms with Crippen LogP contribution in [0.15, 0.2) is 23.0 Å². The van der Waals surface area contributed by atoms with Gasteiger partial charge in [0.2, 0.25) is 10.0 Å². The molecule has 1 saturated heterocycles. The van der Waals surface area contributed by atoms with Crippen LogP contribution in [0.3, 0.4) is 0 Å². The molecule has 1 unspecified atom stereocenters. The predicted octanol–water partition coefficient (Wildman–Crippen LogP) is 1.23. The number of hydrogen-bond acceptors (Lipinski definition) is 5. The topological polar surface area (TPSA) is 75.5 Å². The van der Waals surface area contributed by atoms with Crippen LogP contribution in [0.4, 0.5) is 0 Å². The predicted molar refractivity (Wildman–Crippen MR) is 98.4 cm³/mol. The zero-order chi connectivity index (χ0) is 18.4. The van der Waals surface area contributed by atoms with E-state index in [0.29, 0.717) is 47.9 Å². The zero-order valence-electron chi connectivity index (χ0n) is 14.4. The van der Waals surface area contributed by atoms with Crippen molar-refractivity contribution in [3.63, 3.8) is 0 Å². The van der Waals surface area contributed by atoms with E-state index in [1.165, 1.54) is 10.6 Å². The second-order valence-corrected chi connectivity index (χ2v) is 8.79. The van der Waals surface area contributed by atoms with Gasteiger partial charge in [0.1, 0.15) is 5.82 Å². The Kier molecular flexibility index (Phi) is 4.89. The van der Waals surface area contributed by atoms with Crippen molar-refractivity contribution < 1.29 is 8.42 Å². The maximum Gasteiger partial charge on any atom is 0.261 e. The van der Waals surface area contributed by atoms with Crippen molar-refractivity contribution in [3.8, 4) is 0 Å². The van der Waals surface area contributed by atoms with E-state index in [1.54, 1.807) is 29.8 Å². The molecule has 0 N–H and O–H groups in total. The molecule has 3 rings (SSSR count). The van der Waals surface area contributed by atoms with E-state index in [-0.39, 0.29) is 11.6 Å². The molecule has 2 heterocycles. The molecule has 0 amide bonds. The molecule has 1 fully saturated rings. The Morgan fingerprint density at radius 3 is 2.44 bits per heavy atom. The number of nitrogens with zero attached hydrogens (tertiary/aromatic N) is 4. The van der Waals surface area contributed by atoms with Gasteiger partial charge in [0.15, 0.2) is 0 Å². The van der Waals surface area contributed by atoms with E-state index in [2.05, 4.69) is 9.88 Å². The smallest absolute Gasteiger partial charge is 0.261 e. The highest BCUT2D eigenvalue weighted by Gasteiger charge is 2.28. The van der Waals surface area contributed by atoms with Crippen LogP contribution < -0.4 is 5.56 Å². The number of benzene rings is 1. The molecule has 25 heavy (non-hydrogen) atoms. The lowest BCUT2D eigenvalue weighted by Crippen LogP contribution is -2.49. The summed E-state index contributed by atoms with van der Waals surface area (Å²) in [6, 6.07) is 4.95. The first-order valence-electron chi connectivity index (χ1n) is 8.04. The summed E-state index contributed by atoms with van der Waals surface area (Å²) in [4.78, 5) is 19.4. The lowest BCUT2D eigenvalue weighted by molar-refractivity contribution is 0.139. The zero-order valence-corrected chi connectivity index (χ0v) is 16.0. The molecule has 2 aromatic rings. The third-order valence-electron chi connectivity index (χ3n) is 4.74. The van der Waals surface area contributed by atoms with E-state index in [9.17, 15) is 13.2 Å². The minimum absolute atomic E-state index is 0.109. The number of piperazine rings is 1. The highest BCUT2D eigenvalue weighted by atomic mass is 35.5. The molecule has 7 nitrogen and oxygen atoms in total. The number of rotatable bonds is 3. The van der Waals surface area contributed by atoms with Crippen LogP contribution in [0.25, 0.3) is 10.9 Å². The average molecular weight is 385 g/mol. The Hall–Kier alpha value is -1.48. The van der Waals surface area contributed by atoms with Crippen LogP contribution in [0.5, 0.6) is 0 Å². The Morgan fingerprint density at radius 2 is 1.84 bits per heavy atom. The molecule has 1 aliphatic rings. The molecular formula is C16H21ClN4O3S. The van der Waals surface area contributed by atoms with E-state index in [4.69, 9.17) is 11.6 Å². The van der Waals surface area contributed by atoms with E-state index >= 15 is 0 Å². The highest BCUT2D eigenvalue weighted by Crippen LogP contribution is 2.22. The van der Waals surface area contributed by atoms with Gasteiger partial charge in [-0.25, -0.2) is 13.4 Å². The second kappa shape index (κ2) is 6.68. The summed E-state index contributed by atoms with van der Waals surface area (Å²) in [6.07, 6.45) is 1.23. The summed E-state index contributed by atoms with van der Waals surface area (Å²) in [5.74, 6) is 0.646. The number of sulfonamides is 1. The van der Waals surface area contributed by atoms with Crippen LogP contribution >= 0.6 is 11.6 Å². The molecule has 136 valence electrons. The Bertz CT molecular complexity index is 965. The fourth-order valence-electron chi connectivity index (χ4n) is 3.22. The molecule has 9 heteroatoms. The van der Waals surface area contributed by atoms with Gasteiger partial charge in [0.05, 0.1) is 23.2 Å². The number of halogens is 1. The molecule has 0 saturated carbocycles. The molecule has 1 atom stereocenters. The van der Waals surface area contributed by atoms with Crippen LogP contribution in [0, 0.1) is 0 Å². The first-order chi connectivity index (χ1) is 11.7. The Balaban J connectivity index is 1.91. The molecule has 0 spiro atoms. The molecule has 0 bridgehead atoms. The van der Waals surface area contributed by atoms with Gasteiger partial charge in [-0.2, -0.15) is 4.31 Å². The van der Waals surface area contributed by atoms with Crippen molar-refractivity contribution >= 4 is 32.5 Å². The van der Waals surface area contributed by atoms with Gasteiger partial charge < -0.3 is 0 Å². The van der Waals surface area contributed by atoms with E-state index < -0.39 is 10.0 Å². The lowest BCUT2D eigenvalue weighted by atomic mass is 10.2. The van der Waals surface area contributed by atoms with Gasteiger partial charge in [-0.05, 0) is 25.1 Å². The largest absolute Gasteiger partial charge is 0.298 e. The summed E-state index contributed by atoms with van der Waals surface area (Å²) in [5, 5.41) is 1.07. The summed E-state index contributed by atoms with van der Waals surface area (Å²) in [5.41, 5.74) is 0.463. The number of aromatic nitrogens is 2. The average Bonchev–Trinajstić information content (AvgIpc) is 2.56. The van der Waals surface area contributed by atoms with Crippen molar-refractivity contribution in [2.45, 2.75) is 13.0 Å². The Labute approximate surface area is 151 Å². The molecule has 0 aliphatic carbocycles. The fraction of sp³-hybridized carbons (Fsp3) is 0.500. The standard InChI is InChI=1S/C16H21ClN4O3S/c1-11(20-6-8-21(9-7-20)25(3,23)24)15-18-14-10-12(17)4-5-13(14)16(22)19(15)2/h4-5,10-11H,6-9H2,1-3H3.